The van der Waals surface area contributed by atoms with Gasteiger partial charge in [-0.3, -0.25) is 4.79 Å². The minimum Gasteiger partial charge on any atom is -0.451 e. The lowest BCUT2D eigenvalue weighted by Gasteiger charge is -2.14. The van der Waals surface area contributed by atoms with Crippen molar-refractivity contribution in [2.24, 2.45) is 5.92 Å². The fourth-order valence-corrected chi connectivity index (χ4v) is 3.17. The van der Waals surface area contributed by atoms with Crippen LogP contribution >= 0.6 is 22.9 Å². The van der Waals surface area contributed by atoms with E-state index in [1.165, 1.54) is 11.3 Å². The summed E-state index contributed by atoms with van der Waals surface area (Å²) in [5, 5.41) is 8.83. The lowest BCUT2D eigenvalue weighted by Crippen LogP contribution is -2.31. The quantitative estimate of drug-likeness (QED) is 0.604. The molecule has 0 unspecified atom stereocenters. The molecule has 1 atom stereocenters. The zero-order valence-electron chi connectivity index (χ0n) is 15.6. The fourth-order valence-electron chi connectivity index (χ4n) is 2.26. The topological polar surface area (TPSA) is 80.3 Å². The largest absolute Gasteiger partial charge is 0.451 e. The summed E-state index contributed by atoms with van der Waals surface area (Å²) in [4.78, 5) is 28.2. The molecule has 1 aromatic carbocycles. The third-order valence-corrected chi connectivity index (χ3v) is 4.81. The smallest absolute Gasteiger partial charge is 0.358 e. The van der Waals surface area contributed by atoms with Crippen molar-refractivity contribution in [3.63, 3.8) is 0 Å². The molecule has 0 radical (unpaired) electrons. The number of anilines is 1. The van der Waals surface area contributed by atoms with Gasteiger partial charge in [0.05, 0.1) is 6.04 Å². The maximum atomic E-state index is 12.0. The summed E-state index contributed by atoms with van der Waals surface area (Å²) in [6.07, 6.45) is 1.02. The molecule has 0 aliphatic carbocycles. The Morgan fingerprint density at radius 2 is 2.07 bits per heavy atom. The molecule has 6 nitrogen and oxygen atoms in total. The molecule has 146 valence electrons. The van der Waals surface area contributed by atoms with Crippen LogP contribution in [0, 0.1) is 5.92 Å². The summed E-state index contributed by atoms with van der Waals surface area (Å²) in [6, 6.07) is 6.98. The summed E-state index contributed by atoms with van der Waals surface area (Å²) in [5.41, 5.74) is 1.07. The van der Waals surface area contributed by atoms with Crippen LogP contribution in [0.15, 0.2) is 29.6 Å². The number of aromatic nitrogens is 1. The zero-order valence-corrected chi connectivity index (χ0v) is 17.2. The molecule has 0 bridgehead atoms. The van der Waals surface area contributed by atoms with Gasteiger partial charge in [0.1, 0.15) is 0 Å². The first-order valence-corrected chi connectivity index (χ1v) is 10.0. The predicted molar refractivity (Wildman–Crippen MR) is 108 cm³/mol. The molecule has 2 rings (SSSR count). The monoisotopic (exact) mass is 409 g/mol. The van der Waals surface area contributed by atoms with E-state index < -0.39 is 5.97 Å². The average Bonchev–Trinajstić information content (AvgIpc) is 3.08. The van der Waals surface area contributed by atoms with Crippen LogP contribution in [0.5, 0.6) is 0 Å². The average molecular weight is 410 g/mol. The Hall–Kier alpha value is -2.12. The maximum absolute atomic E-state index is 12.0. The molecule has 2 N–H and O–H groups in total. The van der Waals surface area contributed by atoms with Crippen molar-refractivity contribution in [2.75, 3.05) is 18.5 Å². The number of nitrogens with one attached hydrogen (secondary N) is 2. The van der Waals surface area contributed by atoms with Crippen LogP contribution in [0.1, 0.15) is 49.3 Å². The van der Waals surface area contributed by atoms with Gasteiger partial charge in [-0.2, -0.15) is 0 Å². The molecule has 0 aliphatic heterocycles. The molecule has 1 heterocycles. The molecule has 1 aromatic heterocycles. The van der Waals surface area contributed by atoms with Gasteiger partial charge in [-0.25, -0.2) is 9.78 Å². The Kier molecular flexibility index (Phi) is 8.06. The SMILES string of the molecule is CC(C)CCNc1nc(C(=O)OCC(=O)N[C@@H](C)c2cccc(Cl)c2)cs1. The van der Waals surface area contributed by atoms with Gasteiger partial charge in [-0.1, -0.05) is 37.6 Å². The van der Waals surface area contributed by atoms with Crippen LogP contribution in [0.2, 0.25) is 5.02 Å². The number of halogens is 1. The van der Waals surface area contributed by atoms with Crippen LogP contribution in [-0.2, 0) is 9.53 Å². The lowest BCUT2D eigenvalue weighted by molar-refractivity contribution is -0.124. The van der Waals surface area contributed by atoms with Crippen LogP contribution in [-0.4, -0.2) is 30.0 Å². The predicted octanol–water partition coefficient (Wildman–Crippen LogP) is 4.29. The van der Waals surface area contributed by atoms with Gasteiger partial charge in [-0.15, -0.1) is 11.3 Å². The van der Waals surface area contributed by atoms with Crippen LogP contribution in [0.25, 0.3) is 0 Å². The molecule has 0 saturated carbocycles. The first kappa shape index (κ1) is 21.2. The second-order valence-electron chi connectivity index (χ2n) is 6.57. The number of carbonyl (C=O) groups excluding carboxylic acids is 2. The van der Waals surface area contributed by atoms with E-state index in [1.54, 1.807) is 17.5 Å². The summed E-state index contributed by atoms with van der Waals surface area (Å²) in [5.74, 6) is -0.412. The number of hydrogen-bond acceptors (Lipinski definition) is 6. The third-order valence-electron chi connectivity index (χ3n) is 3.77. The number of nitrogens with zero attached hydrogens (tertiary/aromatic N) is 1. The highest BCUT2D eigenvalue weighted by molar-refractivity contribution is 7.13. The Labute approximate surface area is 168 Å². The van der Waals surface area contributed by atoms with E-state index >= 15 is 0 Å². The minimum atomic E-state index is -0.617. The van der Waals surface area contributed by atoms with E-state index in [1.807, 2.05) is 19.1 Å². The van der Waals surface area contributed by atoms with Gasteiger partial charge in [-0.05, 0) is 37.0 Å². The molecule has 0 saturated heterocycles. The molecule has 1 amide bonds. The first-order valence-electron chi connectivity index (χ1n) is 8.76. The number of carbonyl (C=O) groups is 2. The Bertz CT molecular complexity index is 779. The maximum Gasteiger partial charge on any atom is 0.358 e. The zero-order chi connectivity index (χ0) is 19.8. The molecular weight excluding hydrogens is 386 g/mol. The van der Waals surface area contributed by atoms with Crippen molar-refractivity contribution < 1.29 is 14.3 Å². The van der Waals surface area contributed by atoms with Gasteiger partial charge in [0.25, 0.3) is 5.91 Å². The number of rotatable bonds is 9. The highest BCUT2D eigenvalue weighted by Crippen LogP contribution is 2.18. The number of ether oxygens (including phenoxy) is 1. The number of amides is 1. The van der Waals surface area contributed by atoms with Crippen molar-refractivity contribution in [1.29, 1.82) is 0 Å². The van der Waals surface area contributed by atoms with Crippen molar-refractivity contribution >= 4 is 39.9 Å². The summed E-state index contributed by atoms with van der Waals surface area (Å²) in [6.45, 7) is 6.55. The van der Waals surface area contributed by atoms with E-state index in [0.29, 0.717) is 16.1 Å². The number of thiazole rings is 1. The number of benzene rings is 1. The molecule has 27 heavy (non-hydrogen) atoms. The Morgan fingerprint density at radius 1 is 1.30 bits per heavy atom. The van der Waals surface area contributed by atoms with Gasteiger partial charge in [0.2, 0.25) is 0 Å². The van der Waals surface area contributed by atoms with Crippen LogP contribution < -0.4 is 10.6 Å². The lowest BCUT2D eigenvalue weighted by atomic mass is 10.1. The van der Waals surface area contributed by atoms with Crippen molar-refractivity contribution in [2.45, 2.75) is 33.2 Å². The Morgan fingerprint density at radius 3 is 2.78 bits per heavy atom. The van der Waals surface area contributed by atoms with E-state index in [4.69, 9.17) is 16.3 Å². The molecule has 0 spiro atoms. The number of esters is 1. The second-order valence-corrected chi connectivity index (χ2v) is 7.86. The van der Waals surface area contributed by atoms with Gasteiger partial charge in [0.15, 0.2) is 17.4 Å². The minimum absolute atomic E-state index is 0.197. The highest BCUT2D eigenvalue weighted by Gasteiger charge is 2.16. The first-order chi connectivity index (χ1) is 12.8. The summed E-state index contributed by atoms with van der Waals surface area (Å²) >= 11 is 7.29. The Balaban J connectivity index is 1.77. The highest BCUT2D eigenvalue weighted by atomic mass is 35.5. The van der Waals surface area contributed by atoms with Crippen LogP contribution in [0.3, 0.4) is 0 Å². The fraction of sp³-hybridized carbons (Fsp3) is 0.421. The van der Waals surface area contributed by atoms with E-state index in [-0.39, 0.29) is 24.2 Å². The van der Waals surface area contributed by atoms with Crippen molar-refractivity contribution in [1.82, 2.24) is 10.3 Å². The van der Waals surface area contributed by atoms with Gasteiger partial charge in [0, 0.05) is 16.9 Å². The summed E-state index contributed by atoms with van der Waals surface area (Å²) < 4.78 is 5.05. The second kappa shape index (κ2) is 10.3. The molecule has 0 aliphatic rings. The van der Waals surface area contributed by atoms with Crippen LogP contribution in [0.4, 0.5) is 5.13 Å². The summed E-state index contributed by atoms with van der Waals surface area (Å²) in [7, 11) is 0. The normalized spacial score (nSPS) is 11.9. The standard InChI is InChI=1S/C19H24ClN3O3S/c1-12(2)7-8-21-19-23-16(11-27-19)18(25)26-10-17(24)22-13(3)14-5-4-6-15(20)9-14/h4-6,9,11-13H,7-8,10H2,1-3H3,(H,21,23)(H,22,24)/t13-/m0/s1. The molecule has 2 aromatic rings. The van der Waals surface area contributed by atoms with E-state index in [2.05, 4.69) is 29.5 Å². The van der Waals surface area contributed by atoms with E-state index in [0.717, 1.165) is 18.5 Å². The van der Waals surface area contributed by atoms with Crippen molar-refractivity contribution in [3.8, 4) is 0 Å². The van der Waals surface area contributed by atoms with E-state index in [9.17, 15) is 9.59 Å². The molecular formula is C19H24ClN3O3S. The van der Waals surface area contributed by atoms with Crippen molar-refractivity contribution in [3.05, 3.63) is 45.9 Å². The molecule has 0 fully saturated rings. The third kappa shape index (κ3) is 7.19. The van der Waals surface area contributed by atoms with Gasteiger partial charge < -0.3 is 15.4 Å². The molecule has 8 heteroatoms. The van der Waals surface area contributed by atoms with Gasteiger partial charge >= 0.3 is 5.97 Å². The number of hydrogen-bond donors (Lipinski definition) is 2.